The number of thiophene rings is 2. The van der Waals surface area contributed by atoms with Crippen LogP contribution in [0.1, 0.15) is 70.6 Å². The fourth-order valence-electron chi connectivity index (χ4n) is 10.6. The second-order valence-corrected chi connectivity index (χ2v) is 22.3. The number of piperazine rings is 2. The van der Waals surface area contributed by atoms with Crippen LogP contribution >= 0.6 is 22.7 Å². The third-order valence-corrected chi connectivity index (χ3v) is 16.8. The minimum atomic E-state index is -0.780. The summed E-state index contributed by atoms with van der Waals surface area (Å²) in [5.41, 5.74) is 4.17. The van der Waals surface area contributed by atoms with Gasteiger partial charge in [0.05, 0.1) is 30.2 Å². The van der Waals surface area contributed by atoms with Crippen molar-refractivity contribution in [1.82, 2.24) is 19.8 Å². The molecule has 4 aromatic carbocycles. The van der Waals surface area contributed by atoms with Crippen molar-refractivity contribution in [3.8, 4) is 23.3 Å². The van der Waals surface area contributed by atoms with Crippen LogP contribution in [0.5, 0.6) is 23.3 Å². The van der Waals surface area contributed by atoms with Crippen molar-refractivity contribution in [2.24, 2.45) is 5.92 Å². The summed E-state index contributed by atoms with van der Waals surface area (Å²) in [6.07, 6.45) is 8.71. The average molecular weight is 1090 g/mol. The highest BCUT2D eigenvalue weighted by atomic mass is 32.1. The zero-order valence-electron chi connectivity index (χ0n) is 44.6. The maximum absolute atomic E-state index is 13.6. The SMILES string of the molecule is O=C(O)CCCCCCCC(COc1ccc2ccc(OCCCCN3CCN(c4cccc5sccc45)CC3)cc2n1)C(=O)OCOc1ccc2ccc(OCCCCN3CCN(c4cccc5sccc45)CC3)cc2n1. The number of hydrogen-bond acceptors (Lipinski definition) is 15. The van der Waals surface area contributed by atoms with Crippen molar-refractivity contribution >= 4 is 88.0 Å². The van der Waals surface area contributed by atoms with Gasteiger partial charge in [-0.15, -0.1) is 22.7 Å². The number of benzene rings is 4. The van der Waals surface area contributed by atoms with Crippen molar-refractivity contribution in [3.63, 3.8) is 0 Å². The van der Waals surface area contributed by atoms with Crippen molar-refractivity contribution < 1.29 is 38.4 Å². The minimum absolute atomic E-state index is 0.0774. The first-order chi connectivity index (χ1) is 38.4. The van der Waals surface area contributed by atoms with E-state index in [1.54, 1.807) is 28.7 Å². The minimum Gasteiger partial charge on any atom is -0.494 e. The number of carbonyl (C=O) groups is 2. The van der Waals surface area contributed by atoms with Crippen LogP contribution in [-0.2, 0) is 14.3 Å². The predicted octanol–water partition coefficient (Wildman–Crippen LogP) is 12.6. The quantitative estimate of drug-likeness (QED) is 0.0270. The highest BCUT2D eigenvalue weighted by Gasteiger charge is 2.23. The molecule has 2 aliphatic heterocycles. The molecule has 14 nitrogen and oxygen atoms in total. The van der Waals surface area contributed by atoms with E-state index in [1.165, 1.54) is 31.5 Å². The lowest BCUT2D eigenvalue weighted by molar-refractivity contribution is -0.156. The van der Waals surface area contributed by atoms with E-state index in [9.17, 15) is 9.59 Å². The first-order valence-corrected chi connectivity index (χ1v) is 29.7. The van der Waals surface area contributed by atoms with Crippen molar-refractivity contribution in [2.75, 3.05) is 102 Å². The molecular weight excluding hydrogens is 1020 g/mol. The van der Waals surface area contributed by atoms with Gasteiger partial charge in [0.15, 0.2) is 0 Å². The van der Waals surface area contributed by atoms with Crippen LogP contribution in [-0.4, -0.2) is 129 Å². The number of carboxylic acid groups (broad SMARTS) is 1. The summed E-state index contributed by atoms with van der Waals surface area (Å²) >= 11 is 3.61. The summed E-state index contributed by atoms with van der Waals surface area (Å²) in [7, 11) is 0. The van der Waals surface area contributed by atoms with Crippen molar-refractivity contribution in [2.45, 2.75) is 70.6 Å². The highest BCUT2D eigenvalue weighted by molar-refractivity contribution is 7.17. The number of carbonyl (C=O) groups excluding carboxylic acids is 1. The van der Waals surface area contributed by atoms with E-state index >= 15 is 0 Å². The van der Waals surface area contributed by atoms with E-state index in [1.807, 2.05) is 54.6 Å². The van der Waals surface area contributed by atoms with Gasteiger partial charge in [0.2, 0.25) is 18.6 Å². The van der Waals surface area contributed by atoms with Gasteiger partial charge in [-0.25, -0.2) is 9.97 Å². The van der Waals surface area contributed by atoms with Crippen molar-refractivity contribution in [3.05, 3.63) is 120 Å². The number of rotatable bonds is 29. The van der Waals surface area contributed by atoms with Gasteiger partial charge >= 0.3 is 11.9 Å². The van der Waals surface area contributed by atoms with Crippen LogP contribution in [0.4, 0.5) is 11.4 Å². The lowest BCUT2D eigenvalue weighted by Gasteiger charge is -2.36. The summed E-state index contributed by atoms with van der Waals surface area (Å²) < 4.78 is 32.9. The molecule has 10 rings (SSSR count). The normalized spacial score (nSPS) is 14.8. The molecule has 2 saturated heterocycles. The molecule has 6 heterocycles. The molecule has 1 atom stereocenters. The summed E-state index contributed by atoms with van der Waals surface area (Å²) in [5, 5.41) is 18.0. The maximum atomic E-state index is 13.6. The van der Waals surface area contributed by atoms with Crippen LogP contribution in [0.15, 0.2) is 120 Å². The number of esters is 1. The van der Waals surface area contributed by atoms with Crippen LogP contribution in [0, 0.1) is 5.92 Å². The standard InChI is InChI=1S/C62H72N6O8S2/c69-61(70)17-5-3-1-2-4-12-48(44-74-59-24-20-46-18-22-49(42-53(46)63-59)72-38-8-6-28-65-30-34-67(35-31-65)55-13-10-15-57-51(55)26-40-77-57)62(71)76-45-75-60-25-21-47-19-23-50(43-54(47)64-60)73-39-9-7-29-66-32-36-68(37-33-66)56-14-11-16-58-52(56)27-41-78-58/h10-11,13-16,18-27,40-43,48H,1-9,12,17,28-39,44-45H2,(H,69,70). The van der Waals surface area contributed by atoms with E-state index < -0.39 is 17.9 Å². The van der Waals surface area contributed by atoms with Gasteiger partial charge in [0, 0.05) is 125 Å². The van der Waals surface area contributed by atoms with Crippen LogP contribution in [0.25, 0.3) is 42.0 Å². The molecule has 8 aromatic rings. The summed E-state index contributed by atoms with van der Waals surface area (Å²) in [6, 6.07) is 37.0. The number of anilines is 2. The Bertz CT molecular complexity index is 3210. The fourth-order valence-corrected chi connectivity index (χ4v) is 12.2. The molecule has 1 N–H and O–H groups in total. The lowest BCUT2D eigenvalue weighted by Crippen LogP contribution is -2.46. The topological polar surface area (TPSA) is 139 Å². The van der Waals surface area contributed by atoms with Crippen molar-refractivity contribution in [1.29, 1.82) is 0 Å². The Balaban J connectivity index is 0.650. The molecule has 0 saturated carbocycles. The number of hydrogen-bond donors (Lipinski definition) is 1. The molecule has 78 heavy (non-hydrogen) atoms. The molecule has 16 heteroatoms. The molecule has 2 fully saturated rings. The molecule has 0 aliphatic carbocycles. The Hall–Kier alpha value is -6.72. The van der Waals surface area contributed by atoms with Crippen LogP contribution in [0.2, 0.25) is 0 Å². The largest absolute Gasteiger partial charge is 0.494 e. The molecule has 1 unspecified atom stereocenters. The summed E-state index contributed by atoms with van der Waals surface area (Å²) in [4.78, 5) is 44.3. The van der Waals surface area contributed by atoms with E-state index in [0.717, 1.165) is 150 Å². The lowest BCUT2D eigenvalue weighted by atomic mass is 10.0. The highest BCUT2D eigenvalue weighted by Crippen LogP contribution is 2.33. The molecular formula is C62H72N6O8S2. The zero-order valence-corrected chi connectivity index (χ0v) is 46.2. The summed E-state index contributed by atoms with van der Waals surface area (Å²) in [6.45, 7) is 11.5. The molecule has 2 aliphatic rings. The first kappa shape index (κ1) is 54.6. The van der Waals surface area contributed by atoms with E-state index in [0.29, 0.717) is 37.8 Å². The number of nitrogens with zero attached hydrogens (tertiary/aromatic N) is 6. The number of aliphatic carboxylic acids is 1. The average Bonchev–Trinajstić information content (AvgIpc) is 4.17. The first-order valence-electron chi connectivity index (χ1n) is 28.0. The van der Waals surface area contributed by atoms with Crippen LogP contribution in [0.3, 0.4) is 0 Å². The van der Waals surface area contributed by atoms with Gasteiger partial charge in [-0.1, -0.05) is 37.8 Å². The Morgan fingerprint density at radius 3 is 1.60 bits per heavy atom. The van der Waals surface area contributed by atoms with Gasteiger partial charge < -0.3 is 38.6 Å². The number of ether oxygens (including phenoxy) is 5. The van der Waals surface area contributed by atoms with Gasteiger partial charge in [-0.3, -0.25) is 19.4 Å². The van der Waals surface area contributed by atoms with E-state index in [2.05, 4.69) is 78.9 Å². The Morgan fingerprint density at radius 1 is 0.538 bits per heavy atom. The third kappa shape index (κ3) is 15.1. The molecule has 4 aromatic heterocycles. The molecule has 0 radical (unpaired) electrons. The van der Waals surface area contributed by atoms with Gasteiger partial charge in [-0.05, 0) is 135 Å². The Kier molecular flexibility index (Phi) is 19.4. The summed E-state index contributed by atoms with van der Waals surface area (Å²) in [5.74, 6) is 0.469. The van der Waals surface area contributed by atoms with E-state index in [-0.39, 0.29) is 19.8 Å². The third-order valence-electron chi connectivity index (χ3n) is 15.0. The maximum Gasteiger partial charge on any atom is 0.315 e. The zero-order chi connectivity index (χ0) is 53.3. The number of carboxylic acids is 1. The Labute approximate surface area is 465 Å². The number of pyridine rings is 2. The second kappa shape index (κ2) is 27.7. The number of fused-ring (bicyclic) bond motifs is 4. The molecule has 0 spiro atoms. The molecule has 410 valence electrons. The molecule has 0 amide bonds. The number of unbranched alkanes of at least 4 members (excludes halogenated alkanes) is 6. The van der Waals surface area contributed by atoms with Gasteiger partial charge in [0.25, 0.3) is 0 Å². The fraction of sp³-hybridized carbons (Fsp3) is 0.419. The monoisotopic (exact) mass is 1090 g/mol. The van der Waals surface area contributed by atoms with Crippen LogP contribution < -0.4 is 28.7 Å². The van der Waals surface area contributed by atoms with E-state index in [4.69, 9.17) is 38.8 Å². The smallest absolute Gasteiger partial charge is 0.315 e. The van der Waals surface area contributed by atoms with Gasteiger partial charge in [-0.2, -0.15) is 0 Å². The number of aromatic nitrogens is 2. The Morgan fingerprint density at radius 2 is 1.05 bits per heavy atom. The van der Waals surface area contributed by atoms with Gasteiger partial charge in [0.1, 0.15) is 18.1 Å². The second-order valence-electron chi connectivity index (χ2n) is 20.4. The molecule has 0 bridgehead atoms. The predicted molar refractivity (Wildman–Crippen MR) is 314 cm³/mol.